The van der Waals surface area contributed by atoms with Crippen molar-refractivity contribution in [2.45, 2.75) is 134 Å². The van der Waals surface area contributed by atoms with E-state index in [2.05, 4.69) is 36.1 Å². The number of piperidine rings is 1. The predicted octanol–water partition coefficient (Wildman–Crippen LogP) is -1.10. The lowest BCUT2D eigenvalue weighted by Gasteiger charge is -2.43. The van der Waals surface area contributed by atoms with Crippen molar-refractivity contribution in [3.8, 4) is 11.5 Å². The van der Waals surface area contributed by atoms with E-state index in [1.807, 2.05) is 0 Å². The van der Waals surface area contributed by atoms with Gasteiger partial charge in [0.05, 0.1) is 0 Å². The lowest BCUT2D eigenvalue weighted by atomic mass is 9.95. The van der Waals surface area contributed by atoms with Crippen LogP contribution in [-0.2, 0) is 81.7 Å². The number of aliphatic hydroxyl groups excluding tert-OH is 2. The number of phenols is 2. The van der Waals surface area contributed by atoms with Crippen LogP contribution in [0.15, 0.2) is 90.6 Å². The molecule has 11 N–H and O–H groups in total. The number of nitrogens with one attached hydrogen (secondary N) is 6. The molecule has 3 aromatic carbocycles. The Balaban J connectivity index is 1.55. The van der Waals surface area contributed by atoms with Gasteiger partial charge in [0.1, 0.15) is 78.4 Å². The molecule has 2 heterocycles. The first-order valence-electron chi connectivity index (χ1n) is 25.5. The van der Waals surface area contributed by atoms with Crippen molar-refractivity contribution < 1.29 is 85.5 Å². The summed E-state index contributed by atoms with van der Waals surface area (Å²) in [6.07, 6.45) is -5.11. The lowest BCUT2D eigenvalue weighted by molar-refractivity contribution is -0.165. The molecule has 0 saturated carbocycles. The number of aromatic hydroxyl groups is 2. The highest BCUT2D eigenvalue weighted by molar-refractivity contribution is 7.80. The molecule has 0 radical (unpaired) electrons. The van der Waals surface area contributed by atoms with Crippen LogP contribution >= 0.6 is 0 Å². The minimum atomic E-state index is -5.06. The van der Waals surface area contributed by atoms with Gasteiger partial charge in [-0.1, -0.05) is 74.5 Å². The Hall–Kier alpha value is -7.98. The van der Waals surface area contributed by atoms with Crippen molar-refractivity contribution in [3.05, 3.63) is 107 Å². The van der Waals surface area contributed by atoms with Crippen LogP contribution in [0.4, 0.5) is 0 Å². The molecule has 0 unspecified atom stereocenters. The molecule has 0 spiro atoms. The van der Waals surface area contributed by atoms with E-state index < -0.39 is 143 Å². The Bertz CT molecular complexity index is 2870. The van der Waals surface area contributed by atoms with Gasteiger partial charge < -0.3 is 66.9 Å². The highest BCUT2D eigenvalue weighted by Gasteiger charge is 2.45. The quantitative estimate of drug-likeness (QED) is 0.0434. The molecule has 10 atom stereocenters. The Kier molecular flexibility index (Phi) is 22.2. The Morgan fingerprint density at radius 2 is 1.38 bits per heavy atom. The summed E-state index contributed by atoms with van der Waals surface area (Å²) in [6.45, 7) is 5.63. The van der Waals surface area contributed by atoms with Crippen molar-refractivity contribution in [3.63, 3.8) is 0 Å². The molecule has 2 aliphatic heterocycles. The highest BCUT2D eigenvalue weighted by atomic mass is 32.3. The number of benzene rings is 3. The van der Waals surface area contributed by atoms with Crippen LogP contribution in [0, 0.1) is 5.92 Å². The number of fused-ring (bicyclic) bond motifs is 2. The Labute approximate surface area is 461 Å². The van der Waals surface area contributed by atoms with Gasteiger partial charge in [-0.25, -0.2) is 8.98 Å². The summed E-state index contributed by atoms with van der Waals surface area (Å²) in [5, 5.41) is 56.3. The minimum absolute atomic E-state index is 0.0288. The summed E-state index contributed by atoms with van der Waals surface area (Å²) >= 11 is 0. The second-order valence-electron chi connectivity index (χ2n) is 19.6. The molecule has 0 aliphatic carbocycles. The molecule has 2 bridgehead atoms. The fourth-order valence-corrected chi connectivity index (χ4v) is 9.06. The molecule has 0 aromatic heterocycles. The molecule has 2 saturated heterocycles. The van der Waals surface area contributed by atoms with Crippen molar-refractivity contribution >= 4 is 63.6 Å². The minimum Gasteiger partial charge on any atom is -0.508 e. The van der Waals surface area contributed by atoms with E-state index in [4.69, 9.17) is 9.29 Å². The molecular formula is C53H68N8O18S. The number of hydrogen-bond donors (Lipinski definition) is 11. The average Bonchev–Trinajstić information content (AvgIpc) is 3.45. The number of carbonyl (C=O) groups excluding carboxylic acids is 9. The monoisotopic (exact) mass is 1140 g/mol. The van der Waals surface area contributed by atoms with Gasteiger partial charge in [0.15, 0.2) is 6.10 Å². The fraction of sp³-hybridized carbons (Fsp3) is 0.453. The van der Waals surface area contributed by atoms with Gasteiger partial charge in [0.2, 0.25) is 29.5 Å². The van der Waals surface area contributed by atoms with Crippen LogP contribution in [0.2, 0.25) is 0 Å². The summed E-state index contributed by atoms with van der Waals surface area (Å²) in [5.74, 6) is -10.3. The average molecular weight is 1140 g/mol. The number of cyclic esters (lactones) is 1. The van der Waals surface area contributed by atoms with E-state index in [1.54, 1.807) is 44.2 Å². The number of carbonyl (C=O) groups is 9. The molecular weight excluding hydrogens is 1070 g/mol. The summed E-state index contributed by atoms with van der Waals surface area (Å²) in [5.41, 5.74) is 1.11. The van der Waals surface area contributed by atoms with E-state index in [9.17, 15) is 67.2 Å². The van der Waals surface area contributed by atoms with Crippen molar-refractivity contribution in [1.29, 1.82) is 0 Å². The van der Waals surface area contributed by atoms with E-state index in [1.165, 1.54) is 75.5 Å². The lowest BCUT2D eigenvalue weighted by Crippen LogP contribution is -2.64. The summed E-state index contributed by atoms with van der Waals surface area (Å²) < 4.78 is 40.7. The first kappa shape index (κ1) is 62.9. The number of aryl methyl sites for hydroxylation is 1. The first-order chi connectivity index (χ1) is 37.7. The van der Waals surface area contributed by atoms with Gasteiger partial charge in [-0.2, -0.15) is 8.42 Å². The zero-order valence-electron chi connectivity index (χ0n) is 44.7. The number of nitrogens with zero attached hydrogens (tertiary/aromatic N) is 2. The second kappa shape index (κ2) is 28.3. The zero-order chi connectivity index (χ0) is 59.2. The molecule has 2 aliphatic rings. The fourth-order valence-electron chi connectivity index (χ4n) is 8.76. The van der Waals surface area contributed by atoms with E-state index >= 15 is 4.79 Å². The van der Waals surface area contributed by atoms with Crippen LogP contribution in [0.5, 0.6) is 11.5 Å². The largest absolute Gasteiger partial charge is 0.508 e. The van der Waals surface area contributed by atoms with Crippen LogP contribution in [-0.4, -0.2) is 171 Å². The van der Waals surface area contributed by atoms with Gasteiger partial charge in [-0.15, -0.1) is 0 Å². The second-order valence-corrected chi connectivity index (χ2v) is 20.7. The summed E-state index contributed by atoms with van der Waals surface area (Å²) in [4.78, 5) is 130. The number of aliphatic hydroxyl groups is 2. The maximum atomic E-state index is 15.1. The highest BCUT2D eigenvalue weighted by Crippen LogP contribution is 2.26. The molecule has 27 heteroatoms. The third kappa shape index (κ3) is 17.5. The van der Waals surface area contributed by atoms with Crippen molar-refractivity contribution in [2.24, 2.45) is 5.92 Å². The Morgan fingerprint density at radius 3 is 1.96 bits per heavy atom. The molecule has 8 amide bonds. The number of allylic oxidation sites excluding steroid dienone is 1. The third-order valence-electron chi connectivity index (χ3n) is 13.4. The van der Waals surface area contributed by atoms with Crippen molar-refractivity contribution in [2.75, 3.05) is 13.7 Å². The van der Waals surface area contributed by atoms with E-state index in [-0.39, 0.29) is 50.0 Å². The maximum absolute atomic E-state index is 15.1. The summed E-state index contributed by atoms with van der Waals surface area (Å²) in [7, 11) is -3.75. The molecule has 3 aromatic rings. The van der Waals surface area contributed by atoms with Crippen LogP contribution in [0.3, 0.4) is 0 Å². The Morgan fingerprint density at radius 1 is 0.787 bits per heavy atom. The van der Waals surface area contributed by atoms with Crippen LogP contribution < -0.4 is 31.9 Å². The normalized spacial score (nSPS) is 23.5. The number of hydrogen-bond acceptors (Lipinski definition) is 17. The van der Waals surface area contributed by atoms with Gasteiger partial charge in [0.25, 0.3) is 17.7 Å². The van der Waals surface area contributed by atoms with Gasteiger partial charge in [0, 0.05) is 19.9 Å². The number of rotatable bonds is 17. The topological polar surface area (TPSA) is 386 Å². The number of ether oxygens (including phenoxy) is 1. The van der Waals surface area contributed by atoms with Gasteiger partial charge >= 0.3 is 16.4 Å². The van der Waals surface area contributed by atoms with Crippen LogP contribution in [0.1, 0.15) is 70.6 Å². The predicted molar refractivity (Wildman–Crippen MR) is 282 cm³/mol. The zero-order valence-corrected chi connectivity index (χ0v) is 45.5. The smallest absolute Gasteiger partial charge is 0.397 e. The number of phenolic OH excluding ortho intramolecular Hbond substituents is 2. The summed E-state index contributed by atoms with van der Waals surface area (Å²) in [6, 6.07) is 9.14. The van der Waals surface area contributed by atoms with Crippen molar-refractivity contribution in [1.82, 2.24) is 41.7 Å². The number of amides is 8. The maximum Gasteiger partial charge on any atom is 0.397 e. The van der Waals surface area contributed by atoms with Gasteiger partial charge in [-0.3, -0.25) is 42.9 Å². The third-order valence-corrected chi connectivity index (χ3v) is 13.8. The van der Waals surface area contributed by atoms with Gasteiger partial charge in [-0.05, 0) is 93.3 Å². The standard InChI is InChI=1S/C53H68N8O18S/c1-7-36-46(67)57-38-23-24-42(65)61(51(38)72)40(26-32-11-9-8-10-12-32)52(73)60(6)39(25-33-15-20-35(63)21-16-33)48(69)58-43(28(2)3)53(74)79-30(5)44(50(71)55-36)59-47(68)37(22-17-31-13-18-34(62)19-14-31)56-45(66)29(4)54-49(70)41(64)27-78-80(75,76)77/h7-16,18-21,28-30,37-44,62-65H,17,22-27H2,1-6H3,(H,54,70)(H,55,71)(H,56,66)(H,57,67)(H,58,69)(H,59,68)(H,75,76,77)/b36-7+/t29-,30+,37-,38-,39-,40-,41+,42+,43-,44-/m0/s1. The molecule has 80 heavy (non-hydrogen) atoms. The number of esters is 1. The molecule has 26 nitrogen and oxygen atoms in total. The number of likely N-dealkylation sites (N-methyl/N-ethyl adjacent to an activating group) is 1. The molecule has 2 fully saturated rings. The molecule has 434 valence electrons. The van der Waals surface area contributed by atoms with E-state index in [0.29, 0.717) is 16.7 Å². The SMILES string of the molecule is C/C=C1/NC(=O)[C@@H](NC(=O)[C@H](CCc2ccc(O)cc2)NC(=O)[C@H](C)NC(=O)[C@H](O)COS(=O)(=O)O)[C@@H](C)OC(=O)[C@H](C(C)C)NC(=O)[C@H](Cc2ccc(O)cc2)N(C)C(=O)[C@H](Cc2ccccc2)N2C(=O)[C@H](CC[C@H]2O)NC1=O. The molecule has 5 rings (SSSR count). The van der Waals surface area contributed by atoms with E-state index in [0.717, 1.165) is 16.7 Å². The first-order valence-corrected chi connectivity index (χ1v) is 26.9. The van der Waals surface area contributed by atoms with Crippen LogP contribution in [0.25, 0.3) is 0 Å².